The zero-order chi connectivity index (χ0) is 14.8. The molecule has 0 saturated heterocycles. The molecule has 0 bridgehead atoms. The molecule has 0 radical (unpaired) electrons. The largest absolute Gasteiger partial charge is 0.444 e. The van der Waals surface area contributed by atoms with Gasteiger partial charge in [-0.1, -0.05) is 19.9 Å². The van der Waals surface area contributed by atoms with Crippen LogP contribution in [-0.2, 0) is 4.74 Å². The molecule has 1 rings (SSSR count). The van der Waals surface area contributed by atoms with E-state index in [4.69, 9.17) is 4.74 Å². The van der Waals surface area contributed by atoms with E-state index in [2.05, 4.69) is 0 Å². The van der Waals surface area contributed by atoms with Crippen LogP contribution in [0.4, 0.5) is 4.79 Å². The molecular weight excluding hydrogens is 246 g/mol. The molecule has 0 fully saturated rings. The second-order valence-electron chi connectivity index (χ2n) is 6.22. The van der Waals surface area contributed by atoms with Crippen molar-refractivity contribution in [3.8, 4) is 0 Å². The highest BCUT2D eigenvalue weighted by Crippen LogP contribution is 2.26. The van der Waals surface area contributed by atoms with Crippen LogP contribution in [0.5, 0.6) is 0 Å². The third-order valence-corrected chi connectivity index (χ3v) is 3.00. The lowest BCUT2D eigenvalue weighted by Gasteiger charge is -2.39. The minimum Gasteiger partial charge on any atom is -0.444 e. The van der Waals surface area contributed by atoms with Gasteiger partial charge in [0.1, 0.15) is 5.60 Å². The molecule has 0 aromatic rings. The second kappa shape index (κ2) is 5.92. The minimum atomic E-state index is -0.715. The van der Waals surface area contributed by atoms with Gasteiger partial charge in [0.05, 0.1) is 25.3 Å². The molecule has 0 aliphatic carbocycles. The van der Waals surface area contributed by atoms with E-state index in [0.717, 1.165) is 5.57 Å². The highest BCUT2D eigenvalue weighted by molar-refractivity contribution is 5.69. The number of ether oxygens (including phenoxy) is 1. The summed E-state index contributed by atoms with van der Waals surface area (Å²) in [5.41, 5.74) is 0.272. The van der Waals surface area contributed by atoms with Crippen LogP contribution in [0.3, 0.4) is 0 Å². The summed E-state index contributed by atoms with van der Waals surface area (Å²) in [5.74, 6) is 0.150. The third kappa shape index (κ3) is 4.21. The lowest BCUT2D eigenvalue weighted by Crippen LogP contribution is -2.52. The maximum Gasteiger partial charge on any atom is 0.410 e. The number of hydrogen-bond donors (Lipinski definition) is 2. The van der Waals surface area contributed by atoms with Crippen LogP contribution >= 0.6 is 0 Å². The quantitative estimate of drug-likeness (QED) is 0.747. The Morgan fingerprint density at radius 3 is 2.53 bits per heavy atom. The maximum absolute atomic E-state index is 12.2. The molecule has 0 saturated carbocycles. The predicted octanol–water partition coefficient (Wildman–Crippen LogP) is 1.54. The van der Waals surface area contributed by atoms with Crippen LogP contribution in [0.2, 0.25) is 0 Å². The van der Waals surface area contributed by atoms with E-state index in [0.29, 0.717) is 0 Å². The minimum absolute atomic E-state index is 0.149. The van der Waals surface area contributed by atoms with Crippen molar-refractivity contribution in [1.29, 1.82) is 0 Å². The topological polar surface area (TPSA) is 70.0 Å². The van der Waals surface area contributed by atoms with E-state index in [1.54, 1.807) is 26.8 Å². The number of hydrogen-bond acceptors (Lipinski definition) is 4. The zero-order valence-corrected chi connectivity index (χ0v) is 12.4. The molecule has 0 unspecified atom stereocenters. The molecule has 5 heteroatoms. The standard InChI is InChI=1S/C14H25NO4/c1-9(2)11-6-10(17)7-15(12(11)8-16)13(18)19-14(3,4)5/h6,9-10,12,16-17H,7-8H2,1-5H3/t10-,12+/m0/s1. The number of aliphatic hydroxyl groups excluding tert-OH is 2. The van der Waals surface area contributed by atoms with Crippen molar-refractivity contribution >= 4 is 6.09 Å². The summed E-state index contributed by atoms with van der Waals surface area (Å²) in [7, 11) is 0. The Bertz CT molecular complexity index is 357. The normalized spacial score (nSPS) is 24.4. The first kappa shape index (κ1) is 16.0. The van der Waals surface area contributed by atoms with Crippen LogP contribution in [0.25, 0.3) is 0 Å². The van der Waals surface area contributed by atoms with E-state index >= 15 is 0 Å². The molecule has 110 valence electrons. The molecule has 0 aromatic heterocycles. The summed E-state index contributed by atoms with van der Waals surface area (Å²) in [6, 6.07) is -0.418. The zero-order valence-electron chi connectivity index (χ0n) is 12.4. The number of amides is 1. The van der Waals surface area contributed by atoms with Gasteiger partial charge >= 0.3 is 6.09 Å². The molecule has 1 amide bonds. The first-order valence-electron chi connectivity index (χ1n) is 6.66. The van der Waals surface area contributed by atoms with Crippen LogP contribution < -0.4 is 0 Å². The monoisotopic (exact) mass is 271 g/mol. The average molecular weight is 271 g/mol. The third-order valence-electron chi connectivity index (χ3n) is 3.00. The van der Waals surface area contributed by atoms with Gasteiger partial charge in [0.15, 0.2) is 0 Å². The van der Waals surface area contributed by atoms with Crippen molar-refractivity contribution < 1.29 is 19.7 Å². The Morgan fingerprint density at radius 2 is 2.11 bits per heavy atom. The fraction of sp³-hybridized carbons (Fsp3) is 0.786. The Morgan fingerprint density at radius 1 is 1.53 bits per heavy atom. The van der Waals surface area contributed by atoms with Gasteiger partial charge in [-0.3, -0.25) is 4.90 Å². The fourth-order valence-electron chi connectivity index (χ4n) is 2.20. The number of β-amino-alcohol motifs (C(OH)–C–C–N with tert-alkyl or cyclic N) is 1. The number of carbonyl (C=O) groups is 1. The van der Waals surface area contributed by atoms with E-state index in [-0.39, 0.29) is 19.1 Å². The van der Waals surface area contributed by atoms with Crippen LogP contribution in [-0.4, -0.2) is 52.1 Å². The molecule has 1 aliphatic heterocycles. The summed E-state index contributed by atoms with van der Waals surface area (Å²) >= 11 is 0. The van der Waals surface area contributed by atoms with Gasteiger partial charge in [0.25, 0.3) is 0 Å². The van der Waals surface area contributed by atoms with E-state index in [9.17, 15) is 15.0 Å². The molecule has 19 heavy (non-hydrogen) atoms. The summed E-state index contributed by atoms with van der Waals surface area (Å²) in [6.45, 7) is 9.29. The number of carbonyl (C=O) groups excluding carboxylic acids is 1. The van der Waals surface area contributed by atoms with Gasteiger partial charge in [0, 0.05) is 0 Å². The van der Waals surface area contributed by atoms with Crippen molar-refractivity contribution in [2.75, 3.05) is 13.2 Å². The molecule has 1 aliphatic rings. The molecule has 0 spiro atoms. The van der Waals surface area contributed by atoms with Crippen molar-refractivity contribution in [2.45, 2.75) is 52.4 Å². The Hall–Kier alpha value is -1.07. The van der Waals surface area contributed by atoms with Crippen molar-refractivity contribution in [3.63, 3.8) is 0 Å². The summed E-state index contributed by atoms with van der Waals surface area (Å²) in [5, 5.41) is 19.4. The summed E-state index contributed by atoms with van der Waals surface area (Å²) in [4.78, 5) is 13.6. The van der Waals surface area contributed by atoms with Crippen molar-refractivity contribution in [1.82, 2.24) is 4.90 Å². The molecule has 1 heterocycles. The molecule has 5 nitrogen and oxygen atoms in total. The lowest BCUT2D eigenvalue weighted by atomic mass is 9.90. The van der Waals surface area contributed by atoms with Crippen LogP contribution in [0.1, 0.15) is 34.6 Å². The van der Waals surface area contributed by atoms with Gasteiger partial charge in [-0.2, -0.15) is 0 Å². The van der Waals surface area contributed by atoms with Gasteiger partial charge in [-0.15, -0.1) is 0 Å². The Balaban J connectivity index is 2.94. The van der Waals surface area contributed by atoms with Gasteiger partial charge < -0.3 is 14.9 Å². The Labute approximate surface area is 114 Å². The highest BCUT2D eigenvalue weighted by atomic mass is 16.6. The molecule has 0 aromatic carbocycles. The summed E-state index contributed by atoms with van der Waals surface area (Å²) < 4.78 is 5.32. The molecule has 2 atom stereocenters. The number of aliphatic hydroxyl groups is 2. The van der Waals surface area contributed by atoms with E-state index in [1.165, 1.54) is 4.90 Å². The maximum atomic E-state index is 12.2. The molecule has 2 N–H and O–H groups in total. The smallest absolute Gasteiger partial charge is 0.410 e. The highest BCUT2D eigenvalue weighted by Gasteiger charge is 2.35. The van der Waals surface area contributed by atoms with Crippen LogP contribution in [0.15, 0.2) is 11.6 Å². The first-order valence-corrected chi connectivity index (χ1v) is 6.66. The van der Waals surface area contributed by atoms with Gasteiger partial charge in [-0.25, -0.2) is 4.79 Å². The lowest BCUT2D eigenvalue weighted by molar-refractivity contribution is 0.000316. The average Bonchev–Trinajstić information content (AvgIpc) is 2.25. The van der Waals surface area contributed by atoms with Gasteiger partial charge in [-0.05, 0) is 32.3 Å². The fourth-order valence-corrected chi connectivity index (χ4v) is 2.20. The predicted molar refractivity (Wildman–Crippen MR) is 72.7 cm³/mol. The Kier molecular flexibility index (Phi) is 4.98. The molecular formula is C14H25NO4. The van der Waals surface area contributed by atoms with E-state index in [1.807, 2.05) is 13.8 Å². The summed E-state index contributed by atoms with van der Waals surface area (Å²) in [6.07, 6.45) is 0.511. The SMILES string of the molecule is CC(C)C1=C[C@H](O)CN(C(=O)OC(C)(C)C)[C@@H]1CO. The number of nitrogens with zero attached hydrogens (tertiary/aromatic N) is 1. The van der Waals surface area contributed by atoms with Gasteiger partial charge in [0.2, 0.25) is 0 Å². The first-order chi connectivity index (χ1) is 8.65. The van der Waals surface area contributed by atoms with Crippen molar-refractivity contribution in [2.24, 2.45) is 5.92 Å². The van der Waals surface area contributed by atoms with Crippen LogP contribution in [0, 0.1) is 5.92 Å². The van der Waals surface area contributed by atoms with E-state index < -0.39 is 23.8 Å². The second-order valence-corrected chi connectivity index (χ2v) is 6.22. The van der Waals surface area contributed by atoms with Crippen molar-refractivity contribution in [3.05, 3.63) is 11.6 Å². The number of rotatable bonds is 2.